The quantitative estimate of drug-likeness (QED) is 0.795. The van der Waals surface area contributed by atoms with Gasteiger partial charge in [0, 0.05) is 5.56 Å². The smallest absolute Gasteiger partial charge is 0.306 e. The number of hydrogen-bond acceptors (Lipinski definition) is 4. The largest absolute Gasteiger partial charge is 0.497 e. The van der Waals surface area contributed by atoms with Gasteiger partial charge in [-0.3, -0.25) is 9.59 Å². The van der Waals surface area contributed by atoms with E-state index in [0.717, 1.165) is 5.56 Å². The highest BCUT2D eigenvalue weighted by Gasteiger charge is 2.32. The Morgan fingerprint density at radius 3 is 2.31 bits per heavy atom. The van der Waals surface area contributed by atoms with E-state index in [4.69, 9.17) is 9.47 Å². The fourth-order valence-corrected chi connectivity index (χ4v) is 2.82. The molecule has 2 aromatic rings. The molecule has 0 aliphatic heterocycles. The van der Waals surface area contributed by atoms with Crippen molar-refractivity contribution in [2.45, 2.75) is 25.8 Å². The van der Waals surface area contributed by atoms with Gasteiger partial charge < -0.3 is 19.9 Å². The van der Waals surface area contributed by atoms with Crippen molar-refractivity contribution in [3.63, 3.8) is 0 Å². The first-order chi connectivity index (χ1) is 12.3. The predicted octanol–water partition coefficient (Wildman–Crippen LogP) is 3.13. The molecule has 1 atom stereocenters. The van der Waals surface area contributed by atoms with Crippen LogP contribution in [0.4, 0.5) is 0 Å². The van der Waals surface area contributed by atoms with Gasteiger partial charge in [-0.2, -0.15) is 0 Å². The average molecular weight is 357 g/mol. The number of ether oxygens (including phenoxy) is 2. The Bertz CT molecular complexity index is 818. The van der Waals surface area contributed by atoms with Crippen molar-refractivity contribution in [1.82, 2.24) is 5.32 Å². The van der Waals surface area contributed by atoms with Crippen molar-refractivity contribution in [1.29, 1.82) is 0 Å². The summed E-state index contributed by atoms with van der Waals surface area (Å²) in [5, 5.41) is 12.2. The van der Waals surface area contributed by atoms with Crippen molar-refractivity contribution in [2.75, 3.05) is 14.2 Å². The van der Waals surface area contributed by atoms with E-state index in [1.165, 1.54) is 7.11 Å². The third-order valence-corrected chi connectivity index (χ3v) is 4.28. The molecule has 0 bridgehead atoms. The van der Waals surface area contributed by atoms with Crippen molar-refractivity contribution in [3.8, 4) is 11.5 Å². The number of carboxylic acid groups (broad SMARTS) is 1. The van der Waals surface area contributed by atoms with Gasteiger partial charge in [0.25, 0.3) is 5.91 Å². The number of carbonyl (C=O) groups excluding carboxylic acids is 1. The number of carbonyl (C=O) groups is 2. The molecule has 0 aliphatic rings. The Hall–Kier alpha value is -3.02. The summed E-state index contributed by atoms with van der Waals surface area (Å²) >= 11 is 0. The fourth-order valence-electron chi connectivity index (χ4n) is 2.82. The molecule has 0 aliphatic carbocycles. The number of amides is 1. The van der Waals surface area contributed by atoms with Gasteiger partial charge in [0.15, 0.2) is 0 Å². The van der Waals surface area contributed by atoms with Crippen LogP contribution < -0.4 is 14.8 Å². The Balaban J connectivity index is 2.38. The second kappa shape index (κ2) is 7.91. The van der Waals surface area contributed by atoms with Crippen molar-refractivity contribution < 1.29 is 24.2 Å². The first-order valence-corrected chi connectivity index (χ1v) is 8.12. The van der Waals surface area contributed by atoms with Crippen LogP contribution in [-0.4, -0.2) is 31.2 Å². The summed E-state index contributed by atoms with van der Waals surface area (Å²) in [4.78, 5) is 24.2. The van der Waals surface area contributed by atoms with Gasteiger partial charge in [-0.25, -0.2) is 0 Å². The van der Waals surface area contributed by atoms with E-state index in [-0.39, 0.29) is 12.3 Å². The summed E-state index contributed by atoms with van der Waals surface area (Å²) in [6.45, 7) is 3.49. The van der Waals surface area contributed by atoms with Gasteiger partial charge in [-0.1, -0.05) is 12.1 Å². The molecule has 2 rings (SSSR count). The molecule has 2 N–H and O–H groups in total. The minimum atomic E-state index is -1.09. The zero-order valence-corrected chi connectivity index (χ0v) is 15.3. The van der Waals surface area contributed by atoms with E-state index in [1.807, 2.05) is 0 Å². The highest BCUT2D eigenvalue weighted by molar-refractivity contribution is 5.96. The van der Waals surface area contributed by atoms with Crippen LogP contribution in [0.5, 0.6) is 11.5 Å². The second-order valence-electron chi connectivity index (χ2n) is 6.27. The summed E-state index contributed by atoms with van der Waals surface area (Å²) in [6.07, 6.45) is -0.263. The van der Waals surface area contributed by atoms with E-state index < -0.39 is 11.5 Å². The minimum Gasteiger partial charge on any atom is -0.497 e. The summed E-state index contributed by atoms with van der Waals surface area (Å²) < 4.78 is 10.4. The Kier molecular flexibility index (Phi) is 5.87. The molecule has 0 saturated heterocycles. The topological polar surface area (TPSA) is 84.9 Å². The van der Waals surface area contributed by atoms with E-state index in [1.54, 1.807) is 63.4 Å². The van der Waals surface area contributed by atoms with Crippen LogP contribution in [0.25, 0.3) is 0 Å². The molecule has 2 aromatic carbocycles. The standard InChI is InChI=1S/C20H23NO5/c1-13-10-16(26-4)8-9-17(13)19(24)21-20(2,12-18(22)23)14-6-5-7-15(11-14)25-3/h5-11H,12H2,1-4H3,(H,21,24)(H,22,23). The van der Waals surface area contributed by atoms with Crippen LogP contribution in [0.1, 0.15) is 34.8 Å². The highest BCUT2D eigenvalue weighted by atomic mass is 16.5. The van der Waals surface area contributed by atoms with Crippen molar-refractivity contribution in [2.24, 2.45) is 0 Å². The van der Waals surface area contributed by atoms with E-state index >= 15 is 0 Å². The van der Waals surface area contributed by atoms with Gasteiger partial charge in [0.2, 0.25) is 0 Å². The van der Waals surface area contributed by atoms with Crippen LogP contribution in [0.15, 0.2) is 42.5 Å². The van der Waals surface area contributed by atoms with E-state index in [2.05, 4.69) is 5.32 Å². The molecular formula is C20H23NO5. The molecule has 0 fully saturated rings. The Morgan fingerprint density at radius 1 is 1.08 bits per heavy atom. The number of aryl methyl sites for hydroxylation is 1. The number of carboxylic acids is 1. The zero-order valence-electron chi connectivity index (χ0n) is 15.3. The third-order valence-electron chi connectivity index (χ3n) is 4.28. The summed E-state index contributed by atoms with van der Waals surface area (Å²) in [5.41, 5.74) is 0.762. The third kappa shape index (κ3) is 4.33. The van der Waals surface area contributed by atoms with Crippen LogP contribution in [0.2, 0.25) is 0 Å². The molecular weight excluding hydrogens is 334 g/mol. The first kappa shape index (κ1) is 19.3. The summed E-state index contributed by atoms with van der Waals surface area (Å²) in [5.74, 6) is -0.118. The predicted molar refractivity (Wildman–Crippen MR) is 97.8 cm³/mol. The lowest BCUT2D eigenvalue weighted by Crippen LogP contribution is -2.45. The first-order valence-electron chi connectivity index (χ1n) is 8.12. The highest BCUT2D eigenvalue weighted by Crippen LogP contribution is 2.29. The van der Waals surface area contributed by atoms with Gasteiger partial charge >= 0.3 is 5.97 Å². The van der Waals surface area contributed by atoms with E-state index in [0.29, 0.717) is 22.6 Å². The minimum absolute atomic E-state index is 0.263. The van der Waals surface area contributed by atoms with Crippen LogP contribution in [-0.2, 0) is 10.3 Å². The van der Waals surface area contributed by atoms with Crippen molar-refractivity contribution in [3.05, 3.63) is 59.2 Å². The number of methoxy groups -OCH3 is 2. The van der Waals surface area contributed by atoms with Crippen LogP contribution in [0.3, 0.4) is 0 Å². The number of aliphatic carboxylic acids is 1. The molecule has 6 heteroatoms. The average Bonchev–Trinajstić information content (AvgIpc) is 2.60. The number of nitrogens with one attached hydrogen (secondary N) is 1. The monoisotopic (exact) mass is 357 g/mol. The molecule has 0 radical (unpaired) electrons. The zero-order chi connectivity index (χ0) is 19.3. The lowest BCUT2D eigenvalue weighted by Gasteiger charge is -2.30. The molecule has 1 amide bonds. The van der Waals surface area contributed by atoms with Gasteiger partial charge in [0.05, 0.1) is 26.2 Å². The van der Waals surface area contributed by atoms with Gasteiger partial charge in [-0.15, -0.1) is 0 Å². The fraction of sp³-hybridized carbons (Fsp3) is 0.300. The van der Waals surface area contributed by atoms with Gasteiger partial charge in [-0.05, 0) is 55.3 Å². The maximum Gasteiger partial charge on any atom is 0.306 e. The van der Waals surface area contributed by atoms with Crippen LogP contribution in [0, 0.1) is 6.92 Å². The molecule has 0 saturated carbocycles. The maximum atomic E-state index is 12.8. The Labute approximate surface area is 152 Å². The van der Waals surface area contributed by atoms with E-state index in [9.17, 15) is 14.7 Å². The lowest BCUT2D eigenvalue weighted by molar-refractivity contribution is -0.138. The number of rotatable bonds is 7. The molecule has 0 heterocycles. The second-order valence-corrected chi connectivity index (χ2v) is 6.27. The molecule has 0 aromatic heterocycles. The SMILES string of the molecule is COc1cccc(C(C)(CC(=O)O)NC(=O)c2ccc(OC)cc2C)c1. The number of hydrogen-bond donors (Lipinski definition) is 2. The molecule has 26 heavy (non-hydrogen) atoms. The Morgan fingerprint density at radius 2 is 1.73 bits per heavy atom. The lowest BCUT2D eigenvalue weighted by atomic mass is 9.87. The molecule has 1 unspecified atom stereocenters. The maximum absolute atomic E-state index is 12.8. The summed E-state index contributed by atoms with van der Waals surface area (Å²) in [7, 11) is 3.09. The molecule has 0 spiro atoms. The van der Waals surface area contributed by atoms with Crippen LogP contribution >= 0.6 is 0 Å². The number of benzene rings is 2. The molecule has 6 nitrogen and oxygen atoms in total. The van der Waals surface area contributed by atoms with Gasteiger partial charge in [0.1, 0.15) is 11.5 Å². The molecule has 138 valence electrons. The van der Waals surface area contributed by atoms with Crippen molar-refractivity contribution >= 4 is 11.9 Å². The summed E-state index contributed by atoms with van der Waals surface area (Å²) in [6, 6.07) is 12.1. The normalized spacial score (nSPS) is 12.8.